The highest BCUT2D eigenvalue weighted by molar-refractivity contribution is 8.14. The van der Waals surface area contributed by atoms with E-state index in [9.17, 15) is 0 Å². The van der Waals surface area contributed by atoms with Gasteiger partial charge in [-0.15, -0.1) is 6.42 Å². The highest BCUT2D eigenvalue weighted by Gasteiger charge is 2.16. The summed E-state index contributed by atoms with van der Waals surface area (Å²) in [6.07, 6.45) is 15.3. The molecule has 196 valence electrons. The maximum Gasteiger partial charge on any atom is 0.103 e. The van der Waals surface area contributed by atoms with Crippen molar-refractivity contribution in [2.45, 2.75) is 18.4 Å². The second-order valence-electron chi connectivity index (χ2n) is 9.77. The summed E-state index contributed by atoms with van der Waals surface area (Å²) in [4.78, 5) is 10.4. The summed E-state index contributed by atoms with van der Waals surface area (Å²) in [7, 11) is 0. The van der Waals surface area contributed by atoms with Gasteiger partial charge in [0, 0.05) is 28.4 Å². The third-order valence-electron chi connectivity index (χ3n) is 7.15. The summed E-state index contributed by atoms with van der Waals surface area (Å²) < 4.78 is 0. The summed E-state index contributed by atoms with van der Waals surface area (Å²) >= 11 is 1.74. The number of aromatic nitrogens is 1. The van der Waals surface area contributed by atoms with Crippen molar-refractivity contribution in [2.75, 3.05) is 0 Å². The maximum absolute atomic E-state index is 5.73. The lowest BCUT2D eigenvalue weighted by molar-refractivity contribution is 1.02. The van der Waals surface area contributed by atoms with Gasteiger partial charge in [-0.2, -0.15) is 0 Å². The lowest BCUT2D eigenvalue weighted by Gasteiger charge is -2.17. The van der Waals surface area contributed by atoms with Crippen LogP contribution in [0.3, 0.4) is 0 Å². The first-order valence-electron chi connectivity index (χ1n) is 13.6. The molecule has 4 aromatic carbocycles. The van der Waals surface area contributed by atoms with Gasteiger partial charge in [0.2, 0.25) is 0 Å². The van der Waals surface area contributed by atoms with Crippen LogP contribution in [-0.2, 0) is 6.54 Å². The Morgan fingerprint density at radius 3 is 2.00 bits per heavy atom. The quantitative estimate of drug-likeness (QED) is 0.157. The van der Waals surface area contributed by atoms with Crippen LogP contribution in [0.4, 0.5) is 0 Å². The molecule has 0 amide bonds. The number of nitrogens with zero attached hydrogens (tertiary/aromatic N) is 2. The topological polar surface area (TPSA) is 25.2 Å². The van der Waals surface area contributed by atoms with Gasteiger partial charge in [0.1, 0.15) is 5.04 Å². The number of terminal acetylenes is 1. The third-order valence-corrected chi connectivity index (χ3v) is 8.31. The van der Waals surface area contributed by atoms with E-state index in [-0.39, 0.29) is 0 Å². The molecule has 6 rings (SSSR count). The molecular formula is C38H28N2S. The Hall–Kier alpha value is -4.91. The zero-order valence-corrected chi connectivity index (χ0v) is 23.6. The first-order chi connectivity index (χ1) is 20.2. The summed E-state index contributed by atoms with van der Waals surface area (Å²) in [5, 5.41) is 1.05. The van der Waals surface area contributed by atoms with Crippen molar-refractivity contribution in [1.29, 1.82) is 0 Å². The summed E-state index contributed by atoms with van der Waals surface area (Å²) in [6, 6.07) is 36.5. The number of pyridine rings is 1. The average molecular weight is 545 g/mol. The highest BCUT2D eigenvalue weighted by atomic mass is 32.2. The van der Waals surface area contributed by atoms with Crippen molar-refractivity contribution in [2.24, 2.45) is 4.99 Å². The van der Waals surface area contributed by atoms with Gasteiger partial charge in [-0.25, -0.2) is 0 Å². The van der Waals surface area contributed by atoms with Crippen molar-refractivity contribution >= 4 is 22.4 Å². The van der Waals surface area contributed by atoms with Gasteiger partial charge in [-0.3, -0.25) is 9.98 Å². The fourth-order valence-corrected chi connectivity index (χ4v) is 5.90. The van der Waals surface area contributed by atoms with Gasteiger partial charge >= 0.3 is 0 Å². The molecule has 0 N–H and O–H groups in total. The smallest absolute Gasteiger partial charge is 0.103 e. The van der Waals surface area contributed by atoms with Crippen LogP contribution in [-0.4, -0.2) is 10.0 Å². The molecule has 5 aromatic rings. The molecule has 0 unspecified atom stereocenters. The van der Waals surface area contributed by atoms with Crippen LogP contribution in [0.25, 0.3) is 39.0 Å². The molecule has 1 aliphatic heterocycles. The number of thioether (sulfide) groups is 1. The van der Waals surface area contributed by atoms with Gasteiger partial charge < -0.3 is 0 Å². The van der Waals surface area contributed by atoms with E-state index in [1.165, 1.54) is 38.3 Å². The normalized spacial score (nSPS) is 13.0. The largest absolute Gasteiger partial charge is 0.273 e. The van der Waals surface area contributed by atoms with E-state index in [4.69, 9.17) is 11.4 Å². The number of rotatable bonds is 6. The first kappa shape index (κ1) is 26.3. The second kappa shape index (κ2) is 12.1. The van der Waals surface area contributed by atoms with E-state index in [0.29, 0.717) is 6.54 Å². The van der Waals surface area contributed by atoms with Crippen molar-refractivity contribution in [3.8, 4) is 45.7 Å². The number of benzene rings is 4. The Balaban J connectivity index is 1.17. The van der Waals surface area contributed by atoms with E-state index >= 15 is 0 Å². The number of aliphatic imine (C=N–C) groups is 1. The Bertz CT molecular complexity index is 1800. The van der Waals surface area contributed by atoms with Crippen LogP contribution in [0, 0.1) is 12.3 Å². The molecule has 0 atom stereocenters. The molecule has 1 aliphatic rings. The van der Waals surface area contributed by atoms with Gasteiger partial charge in [0.15, 0.2) is 0 Å². The Morgan fingerprint density at radius 1 is 0.756 bits per heavy atom. The number of hydrogen-bond acceptors (Lipinski definition) is 3. The fraction of sp³-hybridized carbons (Fsp3) is 0.0526. The van der Waals surface area contributed by atoms with E-state index in [2.05, 4.69) is 108 Å². The van der Waals surface area contributed by atoms with Crippen LogP contribution in [0.2, 0.25) is 0 Å². The monoisotopic (exact) mass is 544 g/mol. The van der Waals surface area contributed by atoms with Gasteiger partial charge in [0.25, 0.3) is 0 Å². The zero-order valence-electron chi connectivity index (χ0n) is 22.8. The molecule has 2 nitrogen and oxygen atoms in total. The van der Waals surface area contributed by atoms with E-state index in [0.717, 1.165) is 27.3 Å². The molecule has 0 spiro atoms. The molecule has 0 bridgehead atoms. The lowest BCUT2D eigenvalue weighted by atomic mass is 9.99. The van der Waals surface area contributed by atoms with Crippen molar-refractivity contribution < 1.29 is 0 Å². The van der Waals surface area contributed by atoms with Gasteiger partial charge in [-0.05, 0) is 69.6 Å². The molecule has 0 saturated carbocycles. The Labute approximate surface area is 246 Å². The molecular weight excluding hydrogens is 516 g/mol. The predicted molar refractivity (Wildman–Crippen MR) is 175 cm³/mol. The van der Waals surface area contributed by atoms with Crippen LogP contribution < -0.4 is 0 Å². The average Bonchev–Trinajstić information content (AvgIpc) is 3.05. The van der Waals surface area contributed by atoms with Crippen molar-refractivity contribution in [3.63, 3.8) is 0 Å². The molecule has 0 aliphatic carbocycles. The lowest BCUT2D eigenvalue weighted by Crippen LogP contribution is -2.03. The molecule has 2 heterocycles. The second-order valence-corrected chi connectivity index (χ2v) is 10.8. The minimum atomic E-state index is 0.690. The SMILES string of the molecule is C#C/C(=C\C=C/C)c1ccc(-c2ccc3c(c2)SC(c2ccc(-c4ccc(-c5cccnc5)cc4)cc2)=NC3)cc1. The fourth-order valence-electron chi connectivity index (χ4n) is 4.86. The van der Waals surface area contributed by atoms with Crippen LogP contribution in [0.15, 0.2) is 144 Å². The molecule has 0 saturated heterocycles. The van der Waals surface area contributed by atoms with Crippen molar-refractivity contribution in [1.82, 2.24) is 4.98 Å². The molecule has 1 aromatic heterocycles. The first-order valence-corrected chi connectivity index (χ1v) is 14.4. The van der Waals surface area contributed by atoms with Crippen LogP contribution in [0.1, 0.15) is 23.6 Å². The summed E-state index contributed by atoms with van der Waals surface area (Å²) in [5.41, 5.74) is 11.3. The summed E-state index contributed by atoms with van der Waals surface area (Å²) in [5.74, 6) is 2.79. The summed E-state index contributed by atoms with van der Waals surface area (Å²) in [6.45, 7) is 2.67. The Morgan fingerprint density at radius 2 is 1.37 bits per heavy atom. The van der Waals surface area contributed by atoms with E-state index in [1.807, 2.05) is 37.4 Å². The Kier molecular flexibility index (Phi) is 7.76. The molecule has 3 heteroatoms. The number of allylic oxidation sites excluding steroid dienone is 4. The van der Waals surface area contributed by atoms with Gasteiger partial charge in [-0.1, -0.05) is 121 Å². The molecule has 0 radical (unpaired) electrons. The predicted octanol–water partition coefficient (Wildman–Crippen LogP) is 9.73. The number of hydrogen-bond donors (Lipinski definition) is 0. The minimum absolute atomic E-state index is 0.690. The van der Waals surface area contributed by atoms with Crippen LogP contribution in [0.5, 0.6) is 0 Å². The zero-order chi connectivity index (χ0) is 28.0. The van der Waals surface area contributed by atoms with Crippen LogP contribution >= 0.6 is 11.8 Å². The minimum Gasteiger partial charge on any atom is -0.273 e. The number of fused-ring (bicyclic) bond motifs is 1. The highest BCUT2D eigenvalue weighted by Crippen LogP contribution is 2.36. The maximum atomic E-state index is 5.73. The standard InChI is InChI=1S/C38H28N2S/c1-3-5-7-27(4-2)28-9-13-31(14-10-28)34-21-22-36-26-40-38(41-37(36)24-34)33-19-17-30(18-20-33)29-11-15-32(16-12-29)35-8-6-23-39-25-35/h2-3,5-25H,26H2,1H3/b5-3-,27-7+. The van der Waals surface area contributed by atoms with Crippen molar-refractivity contribution in [3.05, 3.63) is 150 Å². The molecule has 0 fully saturated rings. The molecule has 41 heavy (non-hydrogen) atoms. The third kappa shape index (κ3) is 5.84. The van der Waals surface area contributed by atoms with E-state index in [1.54, 1.807) is 18.0 Å². The van der Waals surface area contributed by atoms with E-state index < -0.39 is 0 Å². The van der Waals surface area contributed by atoms with Gasteiger partial charge in [0.05, 0.1) is 6.54 Å².